The van der Waals surface area contributed by atoms with Crippen LogP contribution in [0.5, 0.6) is 0 Å². The van der Waals surface area contributed by atoms with Crippen molar-refractivity contribution in [3.05, 3.63) is 0 Å². The molecule has 3 N–H and O–H groups in total. The Morgan fingerprint density at radius 2 is 1.77 bits per heavy atom. The molecule has 0 aromatic rings. The van der Waals surface area contributed by atoms with Crippen molar-refractivity contribution < 1.29 is 43.3 Å². The molecule has 0 unspecified atom stereocenters. The van der Waals surface area contributed by atoms with Crippen LogP contribution >= 0.6 is 0 Å². The van der Waals surface area contributed by atoms with E-state index in [-0.39, 0.29) is 5.32 Å². The fourth-order valence-electron chi connectivity index (χ4n) is 1.64. The molecule has 0 aromatic heterocycles. The van der Waals surface area contributed by atoms with E-state index in [9.17, 15) is 34.5 Å². The number of esters is 1. The van der Waals surface area contributed by atoms with Gasteiger partial charge in [0.2, 0.25) is 0 Å². The average molecular weight is 386 g/mol. The third-order valence-electron chi connectivity index (χ3n) is 2.84. The van der Waals surface area contributed by atoms with Crippen molar-refractivity contribution in [3.8, 4) is 0 Å². The van der Waals surface area contributed by atoms with Crippen molar-refractivity contribution in [2.75, 3.05) is 6.61 Å². The van der Waals surface area contributed by atoms with Crippen LogP contribution in [-0.4, -0.2) is 76.4 Å². The first-order valence-corrected chi connectivity index (χ1v) is 8.04. The van der Waals surface area contributed by atoms with Gasteiger partial charge in [0.25, 0.3) is 0 Å². The van der Waals surface area contributed by atoms with E-state index in [1.54, 1.807) is 6.92 Å². The predicted octanol–water partition coefficient (Wildman–Crippen LogP) is -1.78. The minimum atomic E-state index is -3.46. The summed E-state index contributed by atoms with van der Waals surface area (Å²) in [6.45, 7) is -2.75. The van der Waals surface area contributed by atoms with E-state index in [1.165, 1.54) is 0 Å². The van der Waals surface area contributed by atoms with Crippen LogP contribution in [0.1, 0.15) is 31.7 Å². The van der Waals surface area contributed by atoms with Gasteiger partial charge in [0.15, 0.2) is 0 Å². The molecule has 0 aliphatic heterocycles. The average Bonchev–Trinajstić information content (AvgIpc) is 2.62. The Morgan fingerprint density at radius 1 is 1.18 bits per heavy atom. The van der Waals surface area contributed by atoms with Crippen molar-refractivity contribution >= 4 is 37.2 Å². The summed E-state index contributed by atoms with van der Waals surface area (Å²) in [6.07, 6.45) is -2.42. The number of ketones is 2. The molecule has 0 heterocycles. The molecule has 3 atom stereocenters. The summed E-state index contributed by atoms with van der Waals surface area (Å²) in [5, 5.41) is 31.5. The first-order chi connectivity index (χ1) is 11.6. The zero-order valence-electron chi connectivity index (χ0n) is 14.9. The van der Waals surface area contributed by atoms with E-state index < -0.39 is 81.8 Å². The van der Waals surface area contributed by atoms with E-state index in [2.05, 4.69) is 4.74 Å². The molecule has 0 rings (SSSR count). The van der Waals surface area contributed by atoms with Gasteiger partial charge in [-0.25, -0.2) is 0 Å². The Hall–Kier alpha value is -1.12. The molecule has 0 aliphatic rings. The third kappa shape index (κ3) is 3.79. The van der Waals surface area contributed by atoms with Crippen LogP contribution in [-0.2, 0) is 23.9 Å². The molecular weight excluding hydrogens is 363 g/mol. The van der Waals surface area contributed by atoms with Gasteiger partial charge in [-0.1, -0.05) is 0 Å². The molecule has 0 spiro atoms. The van der Waals surface area contributed by atoms with E-state index in [0.717, 1.165) is 0 Å². The molecule has 0 saturated carbocycles. The van der Waals surface area contributed by atoms with E-state index in [0.29, 0.717) is 0 Å². The van der Waals surface area contributed by atoms with Crippen LogP contribution in [0.3, 0.4) is 0 Å². The Bertz CT molecular complexity index is 531. The number of hydrogen-bond acceptors (Lipinski definition) is 8. The summed E-state index contributed by atoms with van der Waals surface area (Å²) in [6, 6.07) is 0. The number of aliphatic hydroxyl groups excluding tert-OH is 1. The molecule has 0 aliphatic carbocycles. The quantitative estimate of drug-likeness (QED) is 0.240. The SMILES string of the molecule is [2H]CC(=O)OC[C@@H](O)[C@](O)(C(=O)C[2H])[C@](O)(C(=O)C[2H])C(=O)[Se]CC. The summed E-state index contributed by atoms with van der Waals surface area (Å²) < 4.78 is 24.1. The normalized spacial score (nSPS) is 19.5. The first kappa shape index (κ1) is 15.8. The number of rotatable bonds is 9. The van der Waals surface area contributed by atoms with Gasteiger partial charge < -0.3 is 0 Å². The van der Waals surface area contributed by atoms with E-state index >= 15 is 0 Å². The molecule has 0 radical (unpaired) electrons. The number of hydrogen-bond donors (Lipinski definition) is 3. The fourth-order valence-corrected chi connectivity index (χ4v) is 3.19. The summed E-state index contributed by atoms with van der Waals surface area (Å²) >= 11 is -1.06. The zero-order valence-corrected chi connectivity index (χ0v) is 13.6. The molecule has 22 heavy (non-hydrogen) atoms. The molecule has 0 bridgehead atoms. The van der Waals surface area contributed by atoms with Crippen molar-refractivity contribution in [2.45, 2.75) is 50.2 Å². The van der Waals surface area contributed by atoms with Crippen LogP contribution in [0.25, 0.3) is 0 Å². The van der Waals surface area contributed by atoms with Gasteiger partial charge in [0.05, 0.1) is 0 Å². The standard InChI is InChI=1S/C13H20O8Se/c1-5-22-11(18)13(20,8(3)15)12(19,7(2)14)10(17)6-21-9(4)16/h10,17,19-20H,5-6H2,1-4H3/t10-,12-,13+/m1/s1/i2D,3D,4D. The van der Waals surface area contributed by atoms with Gasteiger partial charge in [0.1, 0.15) is 0 Å². The molecule has 0 saturated heterocycles. The van der Waals surface area contributed by atoms with Crippen molar-refractivity contribution in [1.82, 2.24) is 0 Å². The third-order valence-corrected chi connectivity index (χ3v) is 4.61. The second kappa shape index (κ2) is 7.94. The maximum atomic E-state index is 12.3. The van der Waals surface area contributed by atoms with Gasteiger partial charge in [-0.3, -0.25) is 0 Å². The number of aliphatic hydroxyl groups is 3. The van der Waals surface area contributed by atoms with Crippen LogP contribution < -0.4 is 0 Å². The molecule has 8 nitrogen and oxygen atoms in total. The number of Topliss-reactive ketones (excluding diaryl/α,β-unsaturated/α-hetero) is 2. The summed E-state index contributed by atoms with van der Waals surface area (Å²) in [4.78, 5) is 47.4. The number of ether oxygens (including phenoxy) is 1. The van der Waals surface area contributed by atoms with Gasteiger partial charge in [0, 0.05) is 0 Å². The summed E-state index contributed by atoms with van der Waals surface area (Å²) in [5.41, 5.74) is -6.89. The fraction of sp³-hybridized carbons (Fsp3) is 0.692. The van der Waals surface area contributed by atoms with Crippen molar-refractivity contribution in [1.29, 1.82) is 0 Å². The monoisotopic (exact) mass is 387 g/mol. The number of carbonyl (C=O) groups is 4. The summed E-state index contributed by atoms with van der Waals surface area (Å²) in [5.74, 6) is -4.20. The van der Waals surface area contributed by atoms with Crippen LogP contribution in [0, 0.1) is 0 Å². The Kier molecular flexibility index (Phi) is 5.69. The van der Waals surface area contributed by atoms with Gasteiger partial charge in [-0.2, -0.15) is 0 Å². The molecular formula is C13H20O8Se. The topological polar surface area (TPSA) is 138 Å². The minimum absolute atomic E-state index is 0.189. The van der Waals surface area contributed by atoms with Crippen LogP contribution in [0.2, 0.25) is 5.32 Å². The molecule has 126 valence electrons. The van der Waals surface area contributed by atoms with Gasteiger partial charge >= 0.3 is 137 Å². The van der Waals surface area contributed by atoms with Crippen molar-refractivity contribution in [3.63, 3.8) is 0 Å². The molecule has 9 heteroatoms. The predicted molar refractivity (Wildman–Crippen MR) is 75.1 cm³/mol. The van der Waals surface area contributed by atoms with Gasteiger partial charge in [-0.05, 0) is 0 Å². The molecule has 0 aromatic carbocycles. The Balaban J connectivity index is 6.14. The summed E-state index contributed by atoms with van der Waals surface area (Å²) in [7, 11) is 0. The molecule has 0 fully saturated rings. The number of carbonyl (C=O) groups excluding carboxylic acids is 4. The Morgan fingerprint density at radius 3 is 2.23 bits per heavy atom. The van der Waals surface area contributed by atoms with Crippen molar-refractivity contribution in [2.24, 2.45) is 0 Å². The zero-order chi connectivity index (χ0) is 19.8. The first-order valence-electron chi connectivity index (χ1n) is 8.09. The van der Waals surface area contributed by atoms with Crippen LogP contribution in [0.4, 0.5) is 0 Å². The van der Waals surface area contributed by atoms with E-state index in [4.69, 9.17) is 4.11 Å². The second-order valence-corrected chi connectivity index (χ2v) is 6.84. The van der Waals surface area contributed by atoms with Gasteiger partial charge in [-0.15, -0.1) is 0 Å². The Labute approximate surface area is 138 Å². The van der Waals surface area contributed by atoms with Crippen LogP contribution in [0.15, 0.2) is 0 Å². The molecule has 0 amide bonds. The second-order valence-electron chi connectivity index (χ2n) is 4.24. The maximum absolute atomic E-state index is 12.3. The van der Waals surface area contributed by atoms with E-state index in [1.807, 2.05) is 0 Å².